The second kappa shape index (κ2) is 8.83. The van der Waals surface area contributed by atoms with Crippen molar-refractivity contribution in [2.75, 3.05) is 5.32 Å². The Morgan fingerprint density at radius 1 is 1.19 bits per heavy atom. The van der Waals surface area contributed by atoms with Crippen LogP contribution in [0.5, 0.6) is 0 Å². The molecule has 2 aliphatic carbocycles. The van der Waals surface area contributed by atoms with E-state index in [1.165, 1.54) is 12.3 Å². The molecule has 2 aromatic heterocycles. The third-order valence-electron chi connectivity index (χ3n) is 5.30. The molecule has 2 saturated carbocycles. The molecule has 4 N–H and O–H groups in total. The second-order valence-electron chi connectivity index (χ2n) is 8.44. The number of carbonyl (C=O) groups is 1. The van der Waals surface area contributed by atoms with Gasteiger partial charge in [0.05, 0.1) is 0 Å². The first-order chi connectivity index (χ1) is 14.8. The van der Waals surface area contributed by atoms with Crippen LogP contribution >= 0.6 is 0 Å². The molecule has 1 amide bonds. The zero-order valence-corrected chi connectivity index (χ0v) is 18.4. The average Bonchev–Trinajstić information content (AvgIpc) is 3.18. The lowest BCUT2D eigenvalue weighted by atomic mass is 10.0. The minimum atomic E-state index is -3.52. The number of nitrogens with zero attached hydrogens (tertiary/aromatic N) is 2. The number of aromatic amines is 1. The molecular formula is C20H28N6O4S. The van der Waals surface area contributed by atoms with Gasteiger partial charge in [-0.1, -0.05) is 0 Å². The Morgan fingerprint density at radius 2 is 2.00 bits per heavy atom. The molecule has 0 aromatic carbocycles. The zero-order chi connectivity index (χ0) is 22.0. The number of H-pyrrole nitrogens is 1. The van der Waals surface area contributed by atoms with E-state index in [2.05, 4.69) is 30.5 Å². The standard InChI is InChI=1S/C20H28N6O4S/c1-12(2)22-20(27)30-15-6-3-13(9-15)17-10-19(25-24-17)23-18-8-7-16(11-21-18)31(28,29)26-14-4-5-14/h7-8,10-15,26H,3-6,9H2,1-2H3,(H,22,27)(H2,21,23,24,25)/t13-,15+/m1/s1. The van der Waals surface area contributed by atoms with Crippen LogP contribution in [0.2, 0.25) is 0 Å². The number of rotatable bonds is 8. The molecule has 4 rings (SSSR count). The zero-order valence-electron chi connectivity index (χ0n) is 17.6. The van der Waals surface area contributed by atoms with E-state index in [1.807, 2.05) is 19.9 Å². The highest BCUT2D eigenvalue weighted by Gasteiger charge is 2.30. The number of hydrogen-bond acceptors (Lipinski definition) is 7. The Bertz CT molecular complexity index is 1020. The summed E-state index contributed by atoms with van der Waals surface area (Å²) in [6.07, 6.45) is 5.07. The number of sulfonamides is 1. The van der Waals surface area contributed by atoms with Gasteiger partial charge in [0.1, 0.15) is 16.8 Å². The fourth-order valence-corrected chi connectivity index (χ4v) is 4.84. The van der Waals surface area contributed by atoms with Crippen molar-refractivity contribution in [3.63, 3.8) is 0 Å². The summed E-state index contributed by atoms with van der Waals surface area (Å²) in [5.41, 5.74) is 0.964. The van der Waals surface area contributed by atoms with Gasteiger partial charge in [0.15, 0.2) is 5.82 Å². The summed E-state index contributed by atoms with van der Waals surface area (Å²) in [6.45, 7) is 3.79. The molecule has 0 unspecified atom stereocenters. The molecule has 2 aliphatic rings. The lowest BCUT2D eigenvalue weighted by Crippen LogP contribution is -2.33. The van der Waals surface area contributed by atoms with Crippen LogP contribution in [0, 0.1) is 0 Å². The Balaban J connectivity index is 1.31. The molecule has 168 valence electrons. The number of carbonyl (C=O) groups excluding carboxylic acids is 1. The van der Waals surface area contributed by atoms with Crippen LogP contribution in [0.15, 0.2) is 29.3 Å². The van der Waals surface area contributed by atoms with Gasteiger partial charge in [-0.25, -0.2) is 22.9 Å². The monoisotopic (exact) mass is 448 g/mol. The highest BCUT2D eigenvalue weighted by atomic mass is 32.2. The molecule has 31 heavy (non-hydrogen) atoms. The average molecular weight is 449 g/mol. The molecule has 0 spiro atoms. The Hall–Kier alpha value is -2.66. The molecule has 11 heteroatoms. The number of hydrogen-bond donors (Lipinski definition) is 4. The molecule has 0 saturated heterocycles. The van der Waals surface area contributed by atoms with E-state index in [-0.39, 0.29) is 35.1 Å². The van der Waals surface area contributed by atoms with E-state index in [4.69, 9.17) is 4.74 Å². The summed E-state index contributed by atoms with van der Waals surface area (Å²) in [4.78, 5) is 16.1. The summed E-state index contributed by atoms with van der Waals surface area (Å²) < 4.78 is 32.6. The van der Waals surface area contributed by atoms with Crippen LogP contribution in [0.25, 0.3) is 0 Å². The third-order valence-corrected chi connectivity index (χ3v) is 6.81. The molecule has 2 atom stereocenters. The smallest absolute Gasteiger partial charge is 0.407 e. The second-order valence-corrected chi connectivity index (χ2v) is 10.2. The summed E-state index contributed by atoms with van der Waals surface area (Å²) in [6, 6.07) is 5.14. The van der Waals surface area contributed by atoms with E-state index in [1.54, 1.807) is 6.07 Å². The van der Waals surface area contributed by atoms with Crippen LogP contribution in [-0.4, -0.2) is 47.9 Å². The Kier molecular flexibility index (Phi) is 6.15. The topological polar surface area (TPSA) is 138 Å². The summed E-state index contributed by atoms with van der Waals surface area (Å²) in [5.74, 6) is 1.33. The van der Waals surface area contributed by atoms with E-state index in [0.717, 1.165) is 37.8 Å². The number of ether oxygens (including phenoxy) is 1. The van der Waals surface area contributed by atoms with Gasteiger partial charge in [0.25, 0.3) is 0 Å². The van der Waals surface area contributed by atoms with Gasteiger partial charge in [-0.05, 0) is 58.1 Å². The van der Waals surface area contributed by atoms with Crippen LogP contribution in [0.3, 0.4) is 0 Å². The number of anilines is 2. The predicted molar refractivity (Wildman–Crippen MR) is 115 cm³/mol. The maximum absolute atomic E-state index is 12.2. The van der Waals surface area contributed by atoms with Gasteiger partial charge in [0.2, 0.25) is 10.0 Å². The molecule has 2 heterocycles. The van der Waals surface area contributed by atoms with Crippen LogP contribution in [0.1, 0.15) is 57.6 Å². The fourth-order valence-electron chi connectivity index (χ4n) is 3.59. The largest absolute Gasteiger partial charge is 0.446 e. The highest BCUT2D eigenvalue weighted by molar-refractivity contribution is 7.89. The molecule has 10 nitrogen and oxygen atoms in total. The molecule has 2 aromatic rings. The van der Waals surface area contributed by atoms with E-state index >= 15 is 0 Å². The lowest BCUT2D eigenvalue weighted by molar-refractivity contribution is 0.0981. The van der Waals surface area contributed by atoms with Crippen molar-refractivity contribution in [2.24, 2.45) is 0 Å². The van der Waals surface area contributed by atoms with Crippen molar-refractivity contribution in [3.05, 3.63) is 30.1 Å². The number of pyridine rings is 1. The van der Waals surface area contributed by atoms with Crippen LogP contribution in [-0.2, 0) is 14.8 Å². The molecule has 0 radical (unpaired) electrons. The molecule has 2 fully saturated rings. The third kappa shape index (κ3) is 5.73. The molecule has 0 bridgehead atoms. The van der Waals surface area contributed by atoms with Crippen LogP contribution < -0.4 is 15.4 Å². The number of nitrogens with one attached hydrogen (secondary N) is 4. The Labute approximate surface area is 181 Å². The first-order valence-corrected chi connectivity index (χ1v) is 12.0. The maximum Gasteiger partial charge on any atom is 0.407 e. The SMILES string of the molecule is CC(C)NC(=O)O[C@H]1CC[C@@H](c2cc(Nc3ccc(S(=O)(=O)NC4CC4)cn3)n[nH]2)C1. The Morgan fingerprint density at radius 3 is 2.68 bits per heavy atom. The number of aromatic nitrogens is 3. The lowest BCUT2D eigenvalue weighted by Gasteiger charge is -2.14. The number of amides is 1. The molecule has 0 aliphatic heterocycles. The summed E-state index contributed by atoms with van der Waals surface area (Å²) in [5, 5.41) is 13.1. The maximum atomic E-state index is 12.2. The van der Waals surface area contributed by atoms with E-state index < -0.39 is 10.0 Å². The van der Waals surface area contributed by atoms with Gasteiger partial charge in [-0.3, -0.25) is 5.10 Å². The van der Waals surface area contributed by atoms with Gasteiger partial charge in [0, 0.05) is 36.0 Å². The first kappa shape index (κ1) is 21.6. The van der Waals surface area contributed by atoms with Crippen molar-refractivity contribution in [2.45, 2.75) is 75.0 Å². The van der Waals surface area contributed by atoms with Crippen molar-refractivity contribution in [1.29, 1.82) is 0 Å². The van der Waals surface area contributed by atoms with Crippen molar-refractivity contribution in [3.8, 4) is 0 Å². The predicted octanol–water partition coefficient (Wildman–Crippen LogP) is 2.76. The van der Waals surface area contributed by atoms with Crippen molar-refractivity contribution in [1.82, 2.24) is 25.2 Å². The van der Waals surface area contributed by atoms with Crippen LogP contribution in [0.4, 0.5) is 16.4 Å². The minimum absolute atomic E-state index is 0.0446. The quantitative estimate of drug-likeness (QED) is 0.487. The van der Waals surface area contributed by atoms with Gasteiger partial charge in [-0.15, -0.1) is 0 Å². The van der Waals surface area contributed by atoms with Crippen molar-refractivity contribution < 1.29 is 17.9 Å². The van der Waals surface area contributed by atoms with Crippen molar-refractivity contribution >= 4 is 27.8 Å². The fraction of sp³-hybridized carbons (Fsp3) is 0.550. The van der Waals surface area contributed by atoms with Gasteiger partial charge < -0.3 is 15.4 Å². The van der Waals surface area contributed by atoms with Gasteiger partial charge in [-0.2, -0.15) is 5.10 Å². The summed E-state index contributed by atoms with van der Waals surface area (Å²) >= 11 is 0. The van der Waals surface area contributed by atoms with Gasteiger partial charge >= 0.3 is 6.09 Å². The summed E-state index contributed by atoms with van der Waals surface area (Å²) in [7, 11) is -3.52. The first-order valence-electron chi connectivity index (χ1n) is 10.6. The molecular weight excluding hydrogens is 420 g/mol. The normalized spacial score (nSPS) is 21.3. The number of alkyl carbamates (subject to hydrolysis) is 1. The minimum Gasteiger partial charge on any atom is -0.446 e. The van der Waals surface area contributed by atoms with E-state index in [9.17, 15) is 13.2 Å². The highest BCUT2D eigenvalue weighted by Crippen LogP contribution is 2.36. The van der Waals surface area contributed by atoms with E-state index in [0.29, 0.717) is 11.6 Å².